The van der Waals surface area contributed by atoms with E-state index < -0.39 is 9.84 Å². The predicted octanol–water partition coefficient (Wildman–Crippen LogP) is 0.892. The fourth-order valence-electron chi connectivity index (χ4n) is 1.21. The molecule has 0 saturated carbocycles. The maximum absolute atomic E-state index is 12.0. The van der Waals surface area contributed by atoms with Crippen molar-refractivity contribution in [2.45, 2.75) is 9.79 Å². The van der Waals surface area contributed by atoms with Crippen LogP contribution in [0.15, 0.2) is 52.8 Å². The Hall–Kier alpha value is -1.95. The van der Waals surface area contributed by atoms with Crippen molar-refractivity contribution in [3.05, 3.63) is 43.0 Å². The highest BCUT2D eigenvalue weighted by Gasteiger charge is 2.17. The third-order valence-corrected chi connectivity index (χ3v) is 3.76. The van der Waals surface area contributed by atoms with Crippen molar-refractivity contribution in [1.82, 2.24) is 9.97 Å². The number of nitrogens with zero attached hydrogens (tertiary/aromatic N) is 2. The van der Waals surface area contributed by atoms with Crippen LogP contribution in [0.4, 0.5) is 5.69 Å². The van der Waals surface area contributed by atoms with Gasteiger partial charge in [-0.1, -0.05) is 0 Å². The van der Waals surface area contributed by atoms with E-state index in [2.05, 4.69) is 9.97 Å². The minimum absolute atomic E-state index is 0.0692. The number of nitrogen functional groups attached to an aromatic ring is 1. The maximum atomic E-state index is 12.0. The second-order valence-corrected chi connectivity index (χ2v) is 5.10. The summed E-state index contributed by atoms with van der Waals surface area (Å²) in [4.78, 5) is 7.60. The minimum Gasteiger partial charge on any atom is -0.399 e. The summed E-state index contributed by atoms with van der Waals surface area (Å²) in [7, 11) is -3.54. The number of benzene rings is 1. The molecule has 2 rings (SSSR count). The molecule has 82 valence electrons. The first-order valence-corrected chi connectivity index (χ1v) is 5.94. The molecule has 2 aromatic rings. The largest absolute Gasteiger partial charge is 0.399 e. The highest BCUT2D eigenvalue weighted by atomic mass is 32.2. The third-order valence-electron chi connectivity index (χ3n) is 2.04. The number of nitrogens with two attached hydrogens (primary N) is 1. The Morgan fingerprint density at radius 1 is 0.938 bits per heavy atom. The Kier molecular flexibility index (Phi) is 2.57. The number of hydrogen-bond donors (Lipinski definition) is 1. The molecule has 0 radical (unpaired) electrons. The third kappa shape index (κ3) is 1.87. The van der Waals surface area contributed by atoms with Gasteiger partial charge in [-0.3, -0.25) is 0 Å². The monoisotopic (exact) mass is 235 g/mol. The summed E-state index contributed by atoms with van der Waals surface area (Å²) >= 11 is 0. The normalized spacial score (nSPS) is 11.2. The molecule has 0 saturated heterocycles. The molecular weight excluding hydrogens is 226 g/mol. The Morgan fingerprint density at radius 2 is 1.50 bits per heavy atom. The Balaban J connectivity index is 2.52. The van der Waals surface area contributed by atoms with Crippen molar-refractivity contribution in [2.75, 3.05) is 5.73 Å². The molecule has 0 bridgehead atoms. The lowest BCUT2D eigenvalue weighted by Gasteiger charge is -2.03. The van der Waals surface area contributed by atoms with Crippen molar-refractivity contribution >= 4 is 15.5 Å². The van der Waals surface area contributed by atoms with Gasteiger partial charge < -0.3 is 5.73 Å². The predicted molar refractivity (Wildman–Crippen MR) is 58.3 cm³/mol. The fourth-order valence-corrected chi connectivity index (χ4v) is 2.37. The lowest BCUT2D eigenvalue weighted by molar-refractivity contribution is 0.595. The molecule has 0 aliphatic rings. The average Bonchev–Trinajstić information content (AvgIpc) is 2.31. The average molecular weight is 235 g/mol. The van der Waals surface area contributed by atoms with Crippen LogP contribution in [-0.4, -0.2) is 18.4 Å². The van der Waals surface area contributed by atoms with E-state index in [-0.39, 0.29) is 9.79 Å². The van der Waals surface area contributed by atoms with Gasteiger partial charge in [0, 0.05) is 18.1 Å². The Labute approximate surface area is 92.9 Å². The van der Waals surface area contributed by atoms with Crippen molar-refractivity contribution in [3.8, 4) is 0 Å². The molecule has 1 aromatic heterocycles. The van der Waals surface area contributed by atoms with E-state index in [1.165, 1.54) is 43.0 Å². The first-order valence-electron chi connectivity index (χ1n) is 4.46. The molecule has 0 aliphatic carbocycles. The Bertz CT molecular complexity index is 579. The second kappa shape index (κ2) is 3.90. The van der Waals surface area contributed by atoms with Gasteiger partial charge in [0.05, 0.1) is 4.90 Å². The van der Waals surface area contributed by atoms with Crippen LogP contribution in [0.5, 0.6) is 0 Å². The molecule has 6 heteroatoms. The van der Waals surface area contributed by atoms with Gasteiger partial charge in [0.15, 0.2) is 0 Å². The smallest absolute Gasteiger partial charge is 0.209 e. The van der Waals surface area contributed by atoms with Gasteiger partial charge in [0.1, 0.15) is 11.2 Å². The lowest BCUT2D eigenvalue weighted by atomic mass is 10.3. The number of sulfone groups is 1. The van der Waals surface area contributed by atoms with E-state index in [1.807, 2.05) is 0 Å². The number of rotatable bonds is 2. The summed E-state index contributed by atoms with van der Waals surface area (Å²) in [5.74, 6) is 0. The summed E-state index contributed by atoms with van der Waals surface area (Å²) in [6.45, 7) is 0. The van der Waals surface area contributed by atoms with Gasteiger partial charge in [-0.2, -0.15) is 0 Å². The molecule has 0 aliphatic heterocycles. The number of aromatic nitrogens is 2. The first kappa shape index (κ1) is 10.6. The van der Waals surface area contributed by atoms with Crippen molar-refractivity contribution in [3.63, 3.8) is 0 Å². The molecule has 16 heavy (non-hydrogen) atoms. The molecule has 0 spiro atoms. The van der Waals surface area contributed by atoms with Gasteiger partial charge in [-0.15, -0.1) is 0 Å². The van der Waals surface area contributed by atoms with Crippen LogP contribution in [0.2, 0.25) is 0 Å². The van der Waals surface area contributed by atoms with Gasteiger partial charge in [0.2, 0.25) is 9.84 Å². The molecule has 2 N–H and O–H groups in total. The molecule has 1 heterocycles. The highest BCUT2D eigenvalue weighted by Crippen LogP contribution is 2.19. The van der Waals surface area contributed by atoms with Crippen molar-refractivity contribution < 1.29 is 8.42 Å². The summed E-state index contributed by atoms with van der Waals surface area (Å²) < 4.78 is 24.0. The van der Waals surface area contributed by atoms with Crippen LogP contribution in [0.1, 0.15) is 0 Å². The van der Waals surface area contributed by atoms with E-state index in [4.69, 9.17) is 5.73 Å². The van der Waals surface area contributed by atoms with Crippen molar-refractivity contribution in [1.29, 1.82) is 0 Å². The lowest BCUT2D eigenvalue weighted by Crippen LogP contribution is -2.03. The quantitative estimate of drug-likeness (QED) is 0.781. The summed E-state index contributed by atoms with van der Waals surface area (Å²) in [6, 6.07) is 5.99. The van der Waals surface area contributed by atoms with Crippen LogP contribution >= 0.6 is 0 Å². The van der Waals surface area contributed by atoms with E-state index >= 15 is 0 Å². The maximum Gasteiger partial charge on any atom is 0.209 e. The standard InChI is InChI=1S/C10H9N3O2S/c11-8-1-3-9(4-2-8)16(14,15)10-5-12-7-13-6-10/h1-7H,11H2. The van der Waals surface area contributed by atoms with Gasteiger partial charge >= 0.3 is 0 Å². The topological polar surface area (TPSA) is 85.9 Å². The number of hydrogen-bond acceptors (Lipinski definition) is 5. The van der Waals surface area contributed by atoms with Crippen LogP contribution in [0.3, 0.4) is 0 Å². The highest BCUT2D eigenvalue weighted by molar-refractivity contribution is 7.91. The minimum atomic E-state index is -3.54. The molecular formula is C10H9N3O2S. The summed E-state index contributed by atoms with van der Waals surface area (Å²) in [5.41, 5.74) is 6.01. The van der Waals surface area contributed by atoms with Crippen LogP contribution in [0.25, 0.3) is 0 Å². The van der Waals surface area contributed by atoms with E-state index in [0.29, 0.717) is 5.69 Å². The zero-order valence-electron chi connectivity index (χ0n) is 8.24. The number of anilines is 1. The van der Waals surface area contributed by atoms with Crippen molar-refractivity contribution in [2.24, 2.45) is 0 Å². The molecule has 0 atom stereocenters. The SMILES string of the molecule is Nc1ccc(S(=O)(=O)c2cncnc2)cc1. The summed E-state index contributed by atoms with van der Waals surface area (Å²) in [5, 5.41) is 0. The molecule has 0 unspecified atom stereocenters. The van der Waals surface area contributed by atoms with E-state index in [1.54, 1.807) is 0 Å². The van der Waals surface area contributed by atoms with Crippen LogP contribution in [0, 0.1) is 0 Å². The Morgan fingerprint density at radius 3 is 2.06 bits per heavy atom. The fraction of sp³-hybridized carbons (Fsp3) is 0. The molecule has 5 nitrogen and oxygen atoms in total. The molecule has 0 amide bonds. The van der Waals surface area contributed by atoms with Gasteiger partial charge in [0.25, 0.3) is 0 Å². The summed E-state index contributed by atoms with van der Waals surface area (Å²) in [6.07, 6.45) is 3.80. The molecule has 0 fully saturated rings. The molecule has 1 aromatic carbocycles. The first-order chi connectivity index (χ1) is 7.60. The van der Waals surface area contributed by atoms with Crippen LogP contribution < -0.4 is 5.73 Å². The van der Waals surface area contributed by atoms with E-state index in [0.717, 1.165) is 0 Å². The zero-order chi connectivity index (χ0) is 11.6. The zero-order valence-corrected chi connectivity index (χ0v) is 9.05. The van der Waals surface area contributed by atoms with Gasteiger partial charge in [-0.05, 0) is 24.3 Å². The second-order valence-electron chi connectivity index (χ2n) is 3.15. The van der Waals surface area contributed by atoms with Gasteiger partial charge in [-0.25, -0.2) is 18.4 Å². The van der Waals surface area contributed by atoms with E-state index in [9.17, 15) is 8.42 Å². The van der Waals surface area contributed by atoms with Crippen LogP contribution in [-0.2, 0) is 9.84 Å².